The second-order valence-electron chi connectivity index (χ2n) is 6.50. The van der Waals surface area contributed by atoms with Crippen LogP contribution in [0.4, 0.5) is 10.1 Å². The van der Waals surface area contributed by atoms with E-state index in [1.54, 1.807) is 38.1 Å². The van der Waals surface area contributed by atoms with E-state index in [-0.39, 0.29) is 22.8 Å². The molecule has 3 rings (SSSR count). The van der Waals surface area contributed by atoms with Gasteiger partial charge in [0.1, 0.15) is 17.3 Å². The van der Waals surface area contributed by atoms with E-state index in [2.05, 4.69) is 0 Å². The Kier molecular flexibility index (Phi) is 6.07. The average molecular weight is 429 g/mol. The zero-order valence-corrected chi connectivity index (χ0v) is 17.2. The van der Waals surface area contributed by atoms with Crippen LogP contribution in [-0.4, -0.2) is 26.0 Å². The maximum absolute atomic E-state index is 13.1. The van der Waals surface area contributed by atoms with Crippen LogP contribution in [0, 0.1) is 12.7 Å². The Bertz CT molecular complexity index is 1160. The van der Waals surface area contributed by atoms with Crippen LogP contribution in [0.1, 0.15) is 22.8 Å². The zero-order chi connectivity index (χ0) is 21.9. The van der Waals surface area contributed by atoms with Crippen LogP contribution in [0.15, 0.2) is 71.6 Å². The van der Waals surface area contributed by atoms with Crippen LogP contribution in [0.5, 0.6) is 11.5 Å². The zero-order valence-electron chi connectivity index (χ0n) is 16.4. The molecular weight excluding hydrogens is 409 g/mol. The SMILES string of the molecule is CCN(c1ccc(Oc2ccc(F)cc2)cc1)S(=O)(=O)c1ccc(C)c(C(=O)O)c1. The van der Waals surface area contributed by atoms with Crippen LogP contribution in [0.3, 0.4) is 0 Å². The van der Waals surface area contributed by atoms with Gasteiger partial charge in [0.05, 0.1) is 16.1 Å². The van der Waals surface area contributed by atoms with Gasteiger partial charge in [-0.2, -0.15) is 0 Å². The highest BCUT2D eigenvalue weighted by molar-refractivity contribution is 7.92. The maximum atomic E-state index is 13.1. The number of hydrogen-bond acceptors (Lipinski definition) is 4. The summed E-state index contributed by atoms with van der Waals surface area (Å²) in [4.78, 5) is 11.3. The molecule has 0 aliphatic carbocycles. The minimum Gasteiger partial charge on any atom is -0.478 e. The van der Waals surface area contributed by atoms with Gasteiger partial charge in [-0.15, -0.1) is 0 Å². The third-order valence-electron chi connectivity index (χ3n) is 4.49. The first-order valence-electron chi connectivity index (χ1n) is 9.12. The largest absolute Gasteiger partial charge is 0.478 e. The normalized spacial score (nSPS) is 11.2. The van der Waals surface area contributed by atoms with Crippen molar-refractivity contribution in [2.75, 3.05) is 10.8 Å². The molecule has 0 heterocycles. The van der Waals surface area contributed by atoms with Gasteiger partial charge in [-0.25, -0.2) is 17.6 Å². The van der Waals surface area contributed by atoms with Crippen molar-refractivity contribution in [1.29, 1.82) is 0 Å². The van der Waals surface area contributed by atoms with Crippen molar-refractivity contribution in [2.24, 2.45) is 0 Å². The molecule has 0 saturated heterocycles. The molecule has 156 valence electrons. The Morgan fingerprint density at radius 1 is 1.00 bits per heavy atom. The summed E-state index contributed by atoms with van der Waals surface area (Å²) in [5.41, 5.74) is 0.823. The summed E-state index contributed by atoms with van der Waals surface area (Å²) in [5, 5.41) is 9.29. The van der Waals surface area contributed by atoms with Gasteiger partial charge in [0.2, 0.25) is 0 Å². The number of anilines is 1. The molecular formula is C22H20FNO5S. The van der Waals surface area contributed by atoms with Crippen LogP contribution >= 0.6 is 0 Å². The number of benzene rings is 3. The number of aryl methyl sites for hydroxylation is 1. The molecule has 0 unspecified atom stereocenters. The summed E-state index contributed by atoms with van der Waals surface area (Å²) in [5.74, 6) is -0.647. The highest BCUT2D eigenvalue weighted by Gasteiger charge is 2.25. The fourth-order valence-corrected chi connectivity index (χ4v) is 4.43. The predicted molar refractivity (Wildman–Crippen MR) is 111 cm³/mol. The molecule has 3 aromatic carbocycles. The average Bonchev–Trinajstić information content (AvgIpc) is 2.71. The van der Waals surface area contributed by atoms with E-state index in [1.165, 1.54) is 46.8 Å². The lowest BCUT2D eigenvalue weighted by Gasteiger charge is -2.23. The Hall–Kier alpha value is -3.39. The predicted octanol–water partition coefficient (Wildman–Crippen LogP) is 4.84. The Morgan fingerprint density at radius 2 is 1.57 bits per heavy atom. The second kappa shape index (κ2) is 8.54. The first kappa shape index (κ1) is 21.3. The Balaban J connectivity index is 1.88. The van der Waals surface area contributed by atoms with Crippen molar-refractivity contribution in [1.82, 2.24) is 0 Å². The number of sulfonamides is 1. The van der Waals surface area contributed by atoms with Crippen LogP contribution < -0.4 is 9.04 Å². The number of carbonyl (C=O) groups is 1. The minimum atomic E-state index is -3.97. The van der Waals surface area contributed by atoms with Crippen molar-refractivity contribution < 1.29 is 27.4 Å². The summed E-state index contributed by atoms with van der Waals surface area (Å²) < 4.78 is 46.1. The number of halogens is 1. The van der Waals surface area contributed by atoms with E-state index in [0.29, 0.717) is 22.7 Å². The van der Waals surface area contributed by atoms with Gasteiger partial charge in [-0.1, -0.05) is 6.07 Å². The van der Waals surface area contributed by atoms with Crippen molar-refractivity contribution in [2.45, 2.75) is 18.7 Å². The summed E-state index contributed by atoms with van der Waals surface area (Å²) in [6, 6.07) is 16.0. The molecule has 0 amide bonds. The fraction of sp³-hybridized carbons (Fsp3) is 0.136. The number of nitrogens with zero attached hydrogens (tertiary/aromatic N) is 1. The van der Waals surface area contributed by atoms with Gasteiger partial charge < -0.3 is 9.84 Å². The highest BCUT2D eigenvalue weighted by atomic mass is 32.2. The molecule has 0 atom stereocenters. The first-order valence-corrected chi connectivity index (χ1v) is 10.6. The van der Waals surface area contributed by atoms with E-state index in [4.69, 9.17) is 4.74 Å². The number of carboxylic acids is 1. The van der Waals surface area contributed by atoms with Gasteiger partial charge in [0, 0.05) is 6.54 Å². The quantitative estimate of drug-likeness (QED) is 0.581. The number of ether oxygens (including phenoxy) is 1. The standard InChI is InChI=1S/C22H20FNO5S/c1-3-24(30(27,28)20-13-4-15(2)21(14-20)22(25)26)17-7-11-19(12-8-17)29-18-9-5-16(23)6-10-18/h4-14H,3H2,1-2H3,(H,25,26). The van der Waals surface area contributed by atoms with Crippen LogP contribution in [0.2, 0.25) is 0 Å². The van der Waals surface area contributed by atoms with Crippen molar-refractivity contribution >= 4 is 21.7 Å². The molecule has 6 nitrogen and oxygen atoms in total. The smallest absolute Gasteiger partial charge is 0.335 e. The highest BCUT2D eigenvalue weighted by Crippen LogP contribution is 2.28. The summed E-state index contributed by atoms with van der Waals surface area (Å²) >= 11 is 0. The van der Waals surface area contributed by atoms with Gasteiger partial charge >= 0.3 is 5.97 Å². The monoisotopic (exact) mass is 429 g/mol. The molecule has 0 saturated carbocycles. The lowest BCUT2D eigenvalue weighted by molar-refractivity contribution is 0.0696. The fourth-order valence-electron chi connectivity index (χ4n) is 2.93. The topological polar surface area (TPSA) is 83.9 Å². The number of carboxylic acid groups (broad SMARTS) is 1. The molecule has 8 heteroatoms. The first-order chi connectivity index (χ1) is 14.2. The maximum Gasteiger partial charge on any atom is 0.335 e. The van der Waals surface area contributed by atoms with Gasteiger partial charge in [-0.05, 0) is 80.1 Å². The second-order valence-corrected chi connectivity index (χ2v) is 8.36. The summed E-state index contributed by atoms with van der Waals surface area (Å²) in [7, 11) is -3.97. The lowest BCUT2D eigenvalue weighted by Crippen LogP contribution is -2.31. The summed E-state index contributed by atoms with van der Waals surface area (Å²) in [6.45, 7) is 3.45. The molecule has 0 bridgehead atoms. The van der Waals surface area contributed by atoms with E-state index in [0.717, 1.165) is 0 Å². The van der Waals surface area contributed by atoms with E-state index in [9.17, 15) is 22.7 Å². The number of hydrogen-bond donors (Lipinski definition) is 1. The summed E-state index contributed by atoms with van der Waals surface area (Å²) in [6.07, 6.45) is 0. The third kappa shape index (κ3) is 4.44. The van der Waals surface area contributed by atoms with Gasteiger partial charge in [-0.3, -0.25) is 4.31 Å². The molecule has 0 aliphatic rings. The Morgan fingerprint density at radius 3 is 2.10 bits per heavy atom. The van der Waals surface area contributed by atoms with Crippen LogP contribution in [-0.2, 0) is 10.0 Å². The van der Waals surface area contributed by atoms with Crippen molar-refractivity contribution in [3.63, 3.8) is 0 Å². The molecule has 30 heavy (non-hydrogen) atoms. The Labute approximate surface area is 174 Å². The van der Waals surface area contributed by atoms with Crippen LogP contribution in [0.25, 0.3) is 0 Å². The molecule has 0 fully saturated rings. The molecule has 3 aromatic rings. The minimum absolute atomic E-state index is 0.0600. The molecule has 0 aromatic heterocycles. The number of rotatable bonds is 7. The molecule has 0 radical (unpaired) electrons. The third-order valence-corrected chi connectivity index (χ3v) is 6.39. The molecule has 0 aliphatic heterocycles. The molecule has 1 N–H and O–H groups in total. The van der Waals surface area contributed by atoms with Gasteiger partial charge in [0.15, 0.2) is 0 Å². The lowest BCUT2D eigenvalue weighted by atomic mass is 10.1. The van der Waals surface area contributed by atoms with E-state index in [1.807, 2.05) is 0 Å². The van der Waals surface area contributed by atoms with E-state index >= 15 is 0 Å². The van der Waals surface area contributed by atoms with Crippen molar-refractivity contribution in [3.8, 4) is 11.5 Å². The van der Waals surface area contributed by atoms with Gasteiger partial charge in [0.25, 0.3) is 10.0 Å². The van der Waals surface area contributed by atoms with E-state index < -0.39 is 16.0 Å². The van der Waals surface area contributed by atoms with Crippen molar-refractivity contribution in [3.05, 3.63) is 83.7 Å². The number of aromatic carboxylic acids is 1. The molecule has 0 spiro atoms.